The Kier molecular flexibility index (Phi) is 6.45. The molecule has 202 valence electrons. The Balaban J connectivity index is 1.43. The van der Waals surface area contributed by atoms with Gasteiger partial charge in [0.1, 0.15) is 11.5 Å². The number of nitrogens with zero attached hydrogens (tertiary/aromatic N) is 7. The fourth-order valence-electron chi connectivity index (χ4n) is 4.81. The number of benzene rings is 1. The molecule has 5 aromatic heterocycles. The number of pyridine rings is 3. The molecule has 0 saturated heterocycles. The van der Waals surface area contributed by atoms with Crippen LogP contribution in [0.15, 0.2) is 61.2 Å². The molecule has 10 nitrogen and oxygen atoms in total. The van der Waals surface area contributed by atoms with Gasteiger partial charge in [0.2, 0.25) is 0 Å². The van der Waals surface area contributed by atoms with Crippen molar-refractivity contribution in [2.45, 2.75) is 6.04 Å². The molecule has 0 aliphatic carbocycles. The lowest BCUT2D eigenvalue weighted by atomic mass is 9.99. The summed E-state index contributed by atoms with van der Waals surface area (Å²) in [4.78, 5) is 25.5. The zero-order valence-electron chi connectivity index (χ0n) is 22.6. The zero-order chi connectivity index (χ0) is 28.0. The van der Waals surface area contributed by atoms with Crippen molar-refractivity contribution < 1.29 is 4.39 Å². The summed E-state index contributed by atoms with van der Waals surface area (Å²) in [5.41, 5.74) is 13.8. The summed E-state index contributed by atoms with van der Waals surface area (Å²) >= 11 is 0. The highest BCUT2D eigenvalue weighted by molar-refractivity contribution is 5.96. The van der Waals surface area contributed by atoms with E-state index in [0.717, 1.165) is 39.0 Å². The van der Waals surface area contributed by atoms with Gasteiger partial charge in [-0.2, -0.15) is 5.10 Å². The number of aromatic amines is 2. The second kappa shape index (κ2) is 10.1. The molecule has 11 heteroatoms. The smallest absolute Gasteiger partial charge is 0.178 e. The van der Waals surface area contributed by atoms with Gasteiger partial charge in [-0.3, -0.25) is 15.1 Å². The Morgan fingerprint density at radius 3 is 2.62 bits per heavy atom. The maximum Gasteiger partial charge on any atom is 0.178 e. The van der Waals surface area contributed by atoms with E-state index in [1.807, 2.05) is 68.5 Å². The number of fused-ring (bicyclic) bond motifs is 2. The van der Waals surface area contributed by atoms with Gasteiger partial charge < -0.3 is 20.5 Å². The predicted molar refractivity (Wildman–Crippen MR) is 155 cm³/mol. The Morgan fingerprint density at radius 2 is 1.82 bits per heavy atom. The van der Waals surface area contributed by atoms with E-state index in [0.29, 0.717) is 34.8 Å². The third kappa shape index (κ3) is 4.76. The first-order chi connectivity index (χ1) is 19.3. The average molecular weight is 537 g/mol. The average Bonchev–Trinajstić information content (AvgIpc) is 3.56. The topological polar surface area (TPSA) is 129 Å². The van der Waals surface area contributed by atoms with Crippen LogP contribution in [0.5, 0.6) is 0 Å². The van der Waals surface area contributed by atoms with Crippen LogP contribution in [0.3, 0.4) is 0 Å². The first kappa shape index (κ1) is 25.5. The van der Waals surface area contributed by atoms with Crippen molar-refractivity contribution in [2.24, 2.45) is 5.73 Å². The van der Waals surface area contributed by atoms with Crippen molar-refractivity contribution in [3.05, 3.63) is 72.6 Å². The van der Waals surface area contributed by atoms with Crippen molar-refractivity contribution in [3.8, 4) is 33.9 Å². The van der Waals surface area contributed by atoms with Crippen molar-refractivity contribution in [2.75, 3.05) is 39.6 Å². The van der Waals surface area contributed by atoms with Crippen LogP contribution in [0, 0.1) is 5.82 Å². The number of rotatable bonds is 7. The first-order valence-electron chi connectivity index (χ1n) is 12.8. The summed E-state index contributed by atoms with van der Waals surface area (Å²) < 4.78 is 14.7. The standard InChI is InChI=1S/C29H29FN10/c1-39(2)15-23(31)17-7-16(8-19(30)9-17)21-5-6-33-28-26(21)35-29(36-28)27-22-11-24(34-14-25(22)37-38-27)18-10-20(40(3)4)13-32-12-18/h5-14,23H,15,31H2,1-4H3,(H,37,38)(H,33,35,36). The number of hydrogen-bond acceptors (Lipinski definition) is 8. The van der Waals surface area contributed by atoms with Crippen LogP contribution in [0.2, 0.25) is 0 Å². The van der Waals surface area contributed by atoms with Gasteiger partial charge in [0.25, 0.3) is 0 Å². The number of aromatic nitrogens is 7. The molecule has 6 aromatic rings. The van der Waals surface area contributed by atoms with E-state index in [9.17, 15) is 4.39 Å². The van der Waals surface area contributed by atoms with Gasteiger partial charge in [-0.1, -0.05) is 0 Å². The van der Waals surface area contributed by atoms with Gasteiger partial charge in [0.05, 0.1) is 34.8 Å². The highest BCUT2D eigenvalue weighted by Crippen LogP contribution is 2.33. The van der Waals surface area contributed by atoms with Gasteiger partial charge >= 0.3 is 0 Å². The molecular weight excluding hydrogens is 507 g/mol. The summed E-state index contributed by atoms with van der Waals surface area (Å²) in [5.74, 6) is 0.192. The Morgan fingerprint density at radius 1 is 0.975 bits per heavy atom. The SMILES string of the molecule is CN(C)CC(N)c1cc(F)cc(-c2ccnc3nc(-c4n[nH]c5cnc(-c6cncc(N(C)C)c6)cc45)[nH]c23)c1. The van der Waals surface area contributed by atoms with Gasteiger partial charge in [0.15, 0.2) is 11.5 Å². The van der Waals surface area contributed by atoms with E-state index in [2.05, 4.69) is 30.1 Å². The number of halogens is 1. The van der Waals surface area contributed by atoms with Gasteiger partial charge in [-0.15, -0.1) is 0 Å². The molecule has 0 spiro atoms. The minimum absolute atomic E-state index is 0.328. The van der Waals surface area contributed by atoms with Crippen molar-refractivity contribution in [3.63, 3.8) is 0 Å². The second-order valence-corrected chi connectivity index (χ2v) is 10.3. The largest absolute Gasteiger partial charge is 0.376 e. The summed E-state index contributed by atoms with van der Waals surface area (Å²) in [7, 11) is 7.82. The minimum Gasteiger partial charge on any atom is -0.376 e. The second-order valence-electron chi connectivity index (χ2n) is 10.3. The van der Waals surface area contributed by atoms with Gasteiger partial charge in [-0.25, -0.2) is 14.4 Å². The van der Waals surface area contributed by atoms with E-state index in [1.54, 1.807) is 18.6 Å². The maximum atomic E-state index is 14.7. The molecule has 0 radical (unpaired) electrons. The molecule has 0 fully saturated rings. The van der Waals surface area contributed by atoms with Crippen molar-refractivity contribution in [1.29, 1.82) is 0 Å². The molecule has 1 unspecified atom stereocenters. The highest BCUT2D eigenvalue weighted by Gasteiger charge is 2.18. The number of hydrogen-bond donors (Lipinski definition) is 3. The van der Waals surface area contributed by atoms with Crippen LogP contribution in [0.4, 0.5) is 10.1 Å². The number of nitrogens with two attached hydrogens (primary N) is 1. The van der Waals surface area contributed by atoms with E-state index >= 15 is 0 Å². The molecule has 1 aromatic carbocycles. The maximum absolute atomic E-state index is 14.7. The van der Waals surface area contributed by atoms with Crippen molar-refractivity contribution in [1.82, 2.24) is 40.0 Å². The van der Waals surface area contributed by atoms with E-state index in [1.165, 1.54) is 12.1 Å². The van der Waals surface area contributed by atoms with Crippen LogP contribution in [0.25, 0.3) is 56.0 Å². The fourth-order valence-corrected chi connectivity index (χ4v) is 4.81. The summed E-state index contributed by atoms with van der Waals surface area (Å²) in [6.07, 6.45) is 7.01. The lowest BCUT2D eigenvalue weighted by Crippen LogP contribution is -2.26. The van der Waals surface area contributed by atoms with Crippen LogP contribution in [-0.4, -0.2) is 74.8 Å². The predicted octanol–water partition coefficient (Wildman–Crippen LogP) is 4.39. The number of anilines is 1. The van der Waals surface area contributed by atoms with Crippen LogP contribution in [0.1, 0.15) is 11.6 Å². The number of likely N-dealkylation sites (N-methyl/N-ethyl adjacent to an activating group) is 1. The molecule has 0 aliphatic heterocycles. The number of H-pyrrole nitrogens is 2. The summed E-state index contributed by atoms with van der Waals surface area (Å²) in [5, 5.41) is 8.43. The molecule has 0 amide bonds. The molecule has 4 N–H and O–H groups in total. The third-order valence-corrected chi connectivity index (χ3v) is 6.82. The molecule has 0 saturated carbocycles. The van der Waals surface area contributed by atoms with E-state index in [4.69, 9.17) is 10.7 Å². The molecule has 5 heterocycles. The van der Waals surface area contributed by atoms with Gasteiger partial charge in [0, 0.05) is 55.6 Å². The highest BCUT2D eigenvalue weighted by atomic mass is 19.1. The molecule has 0 bridgehead atoms. The Labute approximate surface area is 230 Å². The lowest BCUT2D eigenvalue weighted by molar-refractivity contribution is 0.376. The van der Waals surface area contributed by atoms with Crippen molar-refractivity contribution >= 4 is 27.8 Å². The number of imidazole rings is 1. The van der Waals surface area contributed by atoms with E-state index in [-0.39, 0.29) is 11.9 Å². The first-order valence-corrected chi connectivity index (χ1v) is 12.8. The Hall–Kier alpha value is -4.74. The van der Waals surface area contributed by atoms with E-state index < -0.39 is 0 Å². The van der Waals surface area contributed by atoms with Crippen LogP contribution < -0.4 is 10.6 Å². The molecule has 40 heavy (non-hydrogen) atoms. The van der Waals surface area contributed by atoms with Crippen LogP contribution >= 0.6 is 0 Å². The minimum atomic E-state index is -0.349. The third-order valence-electron chi connectivity index (χ3n) is 6.82. The lowest BCUT2D eigenvalue weighted by Gasteiger charge is -2.18. The quantitative estimate of drug-likeness (QED) is 0.274. The number of nitrogens with one attached hydrogen (secondary N) is 2. The molecule has 1 atom stereocenters. The Bertz CT molecular complexity index is 1840. The molecular formula is C29H29FN10. The zero-order valence-corrected chi connectivity index (χ0v) is 22.6. The van der Waals surface area contributed by atoms with Gasteiger partial charge in [-0.05, 0) is 61.6 Å². The summed E-state index contributed by atoms with van der Waals surface area (Å²) in [6, 6.07) is 10.4. The fraction of sp³-hybridized carbons (Fsp3) is 0.207. The monoisotopic (exact) mass is 536 g/mol. The normalized spacial score (nSPS) is 12.5. The van der Waals surface area contributed by atoms with Crippen LogP contribution in [-0.2, 0) is 0 Å². The molecule has 6 rings (SSSR count). The summed E-state index contributed by atoms with van der Waals surface area (Å²) in [6.45, 7) is 0.599. The molecule has 0 aliphatic rings.